The molecular weight excluding hydrogens is 544 g/mol. The van der Waals surface area contributed by atoms with E-state index in [4.69, 9.17) is 10.1 Å². The van der Waals surface area contributed by atoms with Gasteiger partial charge in [0.15, 0.2) is 5.65 Å². The fraction of sp³-hybridized carbons (Fsp3) is 0.486. The number of fused-ring (bicyclic) bond motifs is 1. The second-order valence-corrected chi connectivity index (χ2v) is 14.2. The lowest BCUT2D eigenvalue weighted by molar-refractivity contribution is -0.129. The number of hydrogen-bond acceptors (Lipinski definition) is 5. The SMILES string of the molecule is Cc1nn2c(N3CCNCC3)cc(-c3cccc(CCNC(=O)CC45CC6CC(CC(C6)C4)C5)c3)nc2c1-c1ccccc1. The Morgan fingerprint density at radius 1 is 0.932 bits per heavy atom. The van der Waals surface area contributed by atoms with Crippen LogP contribution in [0.15, 0.2) is 60.7 Å². The zero-order valence-corrected chi connectivity index (χ0v) is 25.9. The molecule has 5 aliphatic rings. The molecule has 2 aromatic carbocycles. The van der Waals surface area contributed by atoms with E-state index in [0.29, 0.717) is 6.54 Å². The molecule has 2 N–H and O–H groups in total. The fourth-order valence-corrected chi connectivity index (χ4v) is 9.46. The van der Waals surface area contributed by atoms with E-state index in [9.17, 15) is 4.79 Å². The average Bonchev–Trinajstić information content (AvgIpc) is 3.36. The maximum atomic E-state index is 13.1. The number of hydrogen-bond donors (Lipinski definition) is 2. The topological polar surface area (TPSA) is 74.6 Å². The highest BCUT2D eigenvalue weighted by atomic mass is 16.1. The third kappa shape index (κ3) is 5.29. The van der Waals surface area contributed by atoms with Crippen molar-refractivity contribution in [2.45, 2.75) is 58.3 Å². The first-order chi connectivity index (χ1) is 21.5. The number of amides is 1. The van der Waals surface area contributed by atoms with Crippen LogP contribution in [0.25, 0.3) is 28.0 Å². The van der Waals surface area contributed by atoms with E-state index in [0.717, 1.165) is 96.3 Å². The summed E-state index contributed by atoms with van der Waals surface area (Å²) in [6.45, 7) is 6.52. The van der Waals surface area contributed by atoms with Gasteiger partial charge in [-0.05, 0) is 92.2 Å². The number of aryl methyl sites for hydroxylation is 1. The van der Waals surface area contributed by atoms with Crippen LogP contribution in [-0.4, -0.2) is 53.2 Å². The van der Waals surface area contributed by atoms with Gasteiger partial charge in [0.25, 0.3) is 0 Å². The molecule has 1 saturated heterocycles. The molecule has 9 rings (SSSR count). The number of piperazine rings is 1. The van der Waals surface area contributed by atoms with Crippen LogP contribution < -0.4 is 15.5 Å². The van der Waals surface area contributed by atoms with Crippen molar-refractivity contribution < 1.29 is 4.79 Å². The maximum absolute atomic E-state index is 13.1. The van der Waals surface area contributed by atoms with E-state index >= 15 is 0 Å². The Morgan fingerprint density at radius 2 is 1.64 bits per heavy atom. The lowest BCUT2D eigenvalue weighted by Gasteiger charge is -2.56. The molecule has 3 heterocycles. The molecular formula is C37H44N6O. The van der Waals surface area contributed by atoms with Crippen molar-refractivity contribution in [1.82, 2.24) is 25.2 Å². The Morgan fingerprint density at radius 3 is 2.36 bits per heavy atom. The highest BCUT2D eigenvalue weighted by Gasteiger charge is 2.51. The van der Waals surface area contributed by atoms with Crippen molar-refractivity contribution in [3.05, 3.63) is 71.9 Å². The first-order valence-corrected chi connectivity index (χ1v) is 16.8. The van der Waals surface area contributed by atoms with Crippen molar-refractivity contribution in [2.24, 2.45) is 23.2 Å². The lowest BCUT2D eigenvalue weighted by atomic mass is 9.49. The minimum absolute atomic E-state index is 0.250. The van der Waals surface area contributed by atoms with Crippen LogP contribution in [0, 0.1) is 30.1 Å². The maximum Gasteiger partial charge on any atom is 0.220 e. The van der Waals surface area contributed by atoms with Gasteiger partial charge in [0.2, 0.25) is 5.91 Å². The van der Waals surface area contributed by atoms with Crippen LogP contribution in [0.3, 0.4) is 0 Å². The Labute approximate surface area is 260 Å². The summed E-state index contributed by atoms with van der Waals surface area (Å²) in [6.07, 6.45) is 9.65. The fourth-order valence-electron chi connectivity index (χ4n) is 9.46. The largest absolute Gasteiger partial charge is 0.356 e. The van der Waals surface area contributed by atoms with Crippen LogP contribution in [0.4, 0.5) is 5.82 Å². The summed E-state index contributed by atoms with van der Waals surface area (Å²) < 4.78 is 2.04. The lowest BCUT2D eigenvalue weighted by Crippen LogP contribution is -2.48. The minimum Gasteiger partial charge on any atom is -0.356 e. The molecule has 4 aliphatic carbocycles. The van der Waals surface area contributed by atoms with Crippen molar-refractivity contribution in [3.63, 3.8) is 0 Å². The van der Waals surface area contributed by atoms with E-state index in [1.165, 1.54) is 44.1 Å². The van der Waals surface area contributed by atoms with Gasteiger partial charge < -0.3 is 15.5 Å². The van der Waals surface area contributed by atoms with Crippen LogP contribution >= 0.6 is 0 Å². The van der Waals surface area contributed by atoms with Crippen molar-refractivity contribution in [1.29, 1.82) is 0 Å². The molecule has 4 saturated carbocycles. The van der Waals surface area contributed by atoms with E-state index in [1.54, 1.807) is 0 Å². The Bertz CT molecular complexity index is 1640. The predicted molar refractivity (Wildman–Crippen MR) is 176 cm³/mol. The standard InChI is InChI=1S/C37H44N6O/c1-25-35(30-7-3-2-4-8-30)36-40-32(20-34(43(36)41-25)42-14-12-38-13-15-42)31-9-5-6-26(19-31)10-11-39-33(44)24-37-21-27-16-28(22-37)18-29(17-27)23-37/h2-9,19-20,27-29,38H,10-18,21-24H2,1H3,(H,39,44). The molecule has 5 fully saturated rings. The van der Waals surface area contributed by atoms with E-state index in [1.807, 2.05) is 10.6 Å². The number of rotatable bonds is 8. The smallest absolute Gasteiger partial charge is 0.220 e. The Balaban J connectivity index is 1.03. The molecule has 44 heavy (non-hydrogen) atoms. The molecule has 1 aliphatic heterocycles. The van der Waals surface area contributed by atoms with Crippen LogP contribution in [0.2, 0.25) is 0 Å². The first-order valence-electron chi connectivity index (χ1n) is 16.8. The van der Waals surface area contributed by atoms with Gasteiger partial charge in [-0.15, -0.1) is 0 Å². The van der Waals surface area contributed by atoms with Crippen molar-refractivity contribution in [3.8, 4) is 22.4 Å². The summed E-state index contributed by atoms with van der Waals surface area (Å²) >= 11 is 0. The summed E-state index contributed by atoms with van der Waals surface area (Å²) in [7, 11) is 0. The Hall–Kier alpha value is -3.71. The quantitative estimate of drug-likeness (QED) is 0.262. The number of nitrogens with one attached hydrogen (secondary N) is 2. The van der Waals surface area contributed by atoms with Gasteiger partial charge in [-0.2, -0.15) is 9.61 Å². The molecule has 0 unspecified atom stereocenters. The molecule has 7 heteroatoms. The van der Waals surface area contributed by atoms with Gasteiger partial charge in [0.1, 0.15) is 5.82 Å². The van der Waals surface area contributed by atoms with Crippen molar-refractivity contribution in [2.75, 3.05) is 37.6 Å². The zero-order valence-electron chi connectivity index (χ0n) is 25.9. The molecule has 1 amide bonds. The number of carbonyl (C=O) groups excluding carboxylic acids is 1. The number of anilines is 1. The summed E-state index contributed by atoms with van der Waals surface area (Å²) in [5.74, 6) is 3.98. The second-order valence-electron chi connectivity index (χ2n) is 14.2. The van der Waals surface area contributed by atoms with Gasteiger partial charge in [0.05, 0.1) is 11.4 Å². The minimum atomic E-state index is 0.250. The molecule has 228 valence electrons. The van der Waals surface area contributed by atoms with Crippen molar-refractivity contribution >= 4 is 17.4 Å². The molecule has 4 bridgehead atoms. The summed E-state index contributed by atoms with van der Waals surface area (Å²) in [5.41, 5.74) is 7.65. The molecule has 0 atom stereocenters. The molecule has 7 nitrogen and oxygen atoms in total. The Kier molecular flexibility index (Phi) is 7.16. The van der Waals surface area contributed by atoms with E-state index < -0.39 is 0 Å². The molecule has 0 spiro atoms. The number of carbonyl (C=O) groups is 1. The highest BCUT2D eigenvalue weighted by Crippen LogP contribution is 2.61. The summed E-state index contributed by atoms with van der Waals surface area (Å²) in [5, 5.41) is 11.8. The molecule has 0 radical (unpaired) electrons. The van der Waals surface area contributed by atoms with E-state index in [2.05, 4.69) is 77.1 Å². The van der Waals surface area contributed by atoms with Gasteiger partial charge in [-0.1, -0.05) is 48.5 Å². The summed E-state index contributed by atoms with van der Waals surface area (Å²) in [6, 6.07) is 21.4. The average molecular weight is 589 g/mol. The highest BCUT2D eigenvalue weighted by molar-refractivity contribution is 5.83. The number of aromatic nitrogens is 3. The second kappa shape index (κ2) is 11.3. The van der Waals surface area contributed by atoms with Gasteiger partial charge in [0, 0.05) is 56.3 Å². The predicted octanol–water partition coefficient (Wildman–Crippen LogP) is 6.05. The molecule has 4 aromatic rings. The molecule has 2 aromatic heterocycles. The first kappa shape index (κ1) is 27.8. The van der Waals surface area contributed by atoms with E-state index in [-0.39, 0.29) is 11.3 Å². The van der Waals surface area contributed by atoms with Gasteiger partial charge in [-0.3, -0.25) is 4.79 Å². The third-order valence-corrected chi connectivity index (χ3v) is 10.9. The van der Waals surface area contributed by atoms with Crippen LogP contribution in [0.5, 0.6) is 0 Å². The number of nitrogens with zero attached hydrogens (tertiary/aromatic N) is 4. The van der Waals surface area contributed by atoms with Crippen LogP contribution in [0.1, 0.15) is 56.2 Å². The van der Waals surface area contributed by atoms with Gasteiger partial charge >= 0.3 is 0 Å². The summed E-state index contributed by atoms with van der Waals surface area (Å²) in [4.78, 5) is 20.8. The van der Waals surface area contributed by atoms with Gasteiger partial charge in [-0.25, -0.2) is 4.98 Å². The number of benzene rings is 2. The third-order valence-electron chi connectivity index (χ3n) is 10.9. The zero-order chi connectivity index (χ0) is 29.7. The van der Waals surface area contributed by atoms with Crippen LogP contribution in [-0.2, 0) is 11.2 Å². The monoisotopic (exact) mass is 588 g/mol. The normalized spacial score (nSPS) is 25.9.